The molecule has 1 rings (SSSR count). The highest BCUT2D eigenvalue weighted by molar-refractivity contribution is 5.48. The molecule has 1 saturated carbocycles. The Morgan fingerprint density at radius 3 is 2.47 bits per heavy atom. The fraction of sp³-hybridized carbons (Fsp3) is 0.615. The van der Waals surface area contributed by atoms with E-state index in [1.165, 1.54) is 37.7 Å². The lowest BCUT2D eigenvalue weighted by molar-refractivity contribution is -0.108. The molecule has 2 heteroatoms. The number of hydrogen-bond donors (Lipinski definition) is 1. The van der Waals surface area contributed by atoms with Gasteiger partial charge in [0.1, 0.15) is 0 Å². The van der Waals surface area contributed by atoms with E-state index in [0.29, 0.717) is 6.41 Å². The molecule has 1 N–H and O–H groups in total. The van der Waals surface area contributed by atoms with Gasteiger partial charge < -0.3 is 5.32 Å². The van der Waals surface area contributed by atoms with E-state index in [0.717, 1.165) is 11.5 Å². The molecule has 1 amide bonds. The van der Waals surface area contributed by atoms with Crippen molar-refractivity contribution in [2.45, 2.75) is 46.0 Å². The molecule has 0 unspecified atom stereocenters. The van der Waals surface area contributed by atoms with Crippen molar-refractivity contribution < 1.29 is 4.79 Å². The van der Waals surface area contributed by atoms with Gasteiger partial charge in [-0.25, -0.2) is 0 Å². The van der Waals surface area contributed by atoms with E-state index in [1.807, 2.05) is 6.92 Å². The second-order valence-electron chi connectivity index (χ2n) is 4.40. The lowest BCUT2D eigenvalue weighted by Gasteiger charge is -2.22. The van der Waals surface area contributed by atoms with Crippen molar-refractivity contribution in [1.29, 1.82) is 0 Å². The summed E-state index contributed by atoms with van der Waals surface area (Å²) in [5.41, 5.74) is 2.57. The monoisotopic (exact) mass is 207 g/mol. The van der Waals surface area contributed by atoms with Crippen LogP contribution in [0.4, 0.5) is 0 Å². The van der Waals surface area contributed by atoms with Gasteiger partial charge in [-0.15, -0.1) is 0 Å². The Bertz CT molecular complexity index is 260. The minimum Gasteiger partial charge on any atom is -0.335 e. The normalized spacial score (nSPS) is 20.1. The lowest BCUT2D eigenvalue weighted by Crippen LogP contribution is -2.07. The molecule has 0 radical (unpaired) electrons. The van der Waals surface area contributed by atoms with Gasteiger partial charge in [0.15, 0.2) is 0 Å². The Kier molecular flexibility index (Phi) is 5.16. The van der Waals surface area contributed by atoms with Crippen molar-refractivity contribution in [2.24, 2.45) is 5.92 Å². The van der Waals surface area contributed by atoms with Crippen molar-refractivity contribution >= 4 is 6.41 Å². The largest absolute Gasteiger partial charge is 0.335 e. The molecule has 1 aliphatic rings. The minimum absolute atomic E-state index is 0.702. The van der Waals surface area contributed by atoms with Crippen molar-refractivity contribution in [3.8, 4) is 0 Å². The molecule has 84 valence electrons. The third-order valence-electron chi connectivity index (χ3n) is 3.08. The first-order valence-electron chi connectivity index (χ1n) is 5.78. The fourth-order valence-corrected chi connectivity index (χ4v) is 2.24. The van der Waals surface area contributed by atoms with Gasteiger partial charge in [0.05, 0.1) is 0 Å². The number of carbonyl (C=O) groups excluding carboxylic acids is 1. The second kappa shape index (κ2) is 6.44. The van der Waals surface area contributed by atoms with Gasteiger partial charge in [0.2, 0.25) is 6.41 Å². The molecule has 15 heavy (non-hydrogen) atoms. The van der Waals surface area contributed by atoms with Gasteiger partial charge >= 0.3 is 0 Å². The van der Waals surface area contributed by atoms with Gasteiger partial charge in [0.25, 0.3) is 0 Å². The number of amides is 1. The molecule has 0 aromatic carbocycles. The van der Waals surface area contributed by atoms with Crippen LogP contribution in [0.1, 0.15) is 46.0 Å². The van der Waals surface area contributed by atoms with Crippen LogP contribution in [0.25, 0.3) is 0 Å². The van der Waals surface area contributed by atoms with Crippen LogP contribution in [0, 0.1) is 5.92 Å². The van der Waals surface area contributed by atoms with E-state index in [2.05, 4.69) is 18.3 Å². The third kappa shape index (κ3) is 4.32. The van der Waals surface area contributed by atoms with Crippen molar-refractivity contribution in [3.05, 3.63) is 23.4 Å². The molecule has 0 atom stereocenters. The number of allylic oxidation sites excluding steroid dienone is 3. The first-order chi connectivity index (χ1) is 7.24. The van der Waals surface area contributed by atoms with Crippen molar-refractivity contribution in [3.63, 3.8) is 0 Å². The molecule has 0 aromatic rings. The van der Waals surface area contributed by atoms with Gasteiger partial charge in [-0.05, 0) is 38.2 Å². The predicted octanol–water partition coefficient (Wildman–Crippen LogP) is 3.16. The summed E-state index contributed by atoms with van der Waals surface area (Å²) < 4.78 is 0. The smallest absolute Gasteiger partial charge is 0.211 e. The molecule has 2 nitrogen and oxygen atoms in total. The zero-order valence-electron chi connectivity index (χ0n) is 9.75. The predicted molar refractivity (Wildman–Crippen MR) is 63.3 cm³/mol. The van der Waals surface area contributed by atoms with E-state index in [9.17, 15) is 4.79 Å². The molecular weight excluding hydrogens is 186 g/mol. The SMILES string of the molecule is CC(=C/NC=O)/C=C(\C)C1CCCCC1. The summed E-state index contributed by atoms with van der Waals surface area (Å²) in [6, 6.07) is 0. The maximum Gasteiger partial charge on any atom is 0.211 e. The molecule has 0 heterocycles. The Morgan fingerprint density at radius 1 is 1.20 bits per heavy atom. The summed E-state index contributed by atoms with van der Waals surface area (Å²) in [5.74, 6) is 0.762. The molecule has 1 fully saturated rings. The van der Waals surface area contributed by atoms with Gasteiger partial charge in [-0.3, -0.25) is 4.79 Å². The van der Waals surface area contributed by atoms with Crippen LogP contribution in [0.5, 0.6) is 0 Å². The topological polar surface area (TPSA) is 29.1 Å². The van der Waals surface area contributed by atoms with Crippen LogP contribution in [0.15, 0.2) is 23.4 Å². The van der Waals surface area contributed by atoms with Crippen LogP contribution < -0.4 is 5.32 Å². The van der Waals surface area contributed by atoms with E-state index in [4.69, 9.17) is 0 Å². The van der Waals surface area contributed by atoms with Gasteiger partial charge in [0, 0.05) is 6.20 Å². The Labute approximate surface area is 92.4 Å². The van der Waals surface area contributed by atoms with Crippen LogP contribution in [0.3, 0.4) is 0 Å². The Morgan fingerprint density at radius 2 is 1.87 bits per heavy atom. The number of carbonyl (C=O) groups is 1. The molecular formula is C13H21NO. The third-order valence-corrected chi connectivity index (χ3v) is 3.08. The quantitative estimate of drug-likeness (QED) is 0.557. The number of rotatable bonds is 4. The number of nitrogens with one attached hydrogen (secondary N) is 1. The van der Waals surface area contributed by atoms with Crippen molar-refractivity contribution in [1.82, 2.24) is 5.32 Å². The average molecular weight is 207 g/mol. The summed E-state index contributed by atoms with van der Waals surface area (Å²) >= 11 is 0. The highest BCUT2D eigenvalue weighted by Crippen LogP contribution is 2.29. The fourth-order valence-electron chi connectivity index (χ4n) is 2.24. The standard InChI is InChI=1S/C13H21NO/c1-11(9-14-10-15)8-12(2)13-6-4-3-5-7-13/h8-10,13H,3-7H2,1-2H3,(H,14,15)/b11-9-,12-8+. The molecule has 0 aromatic heterocycles. The van der Waals surface area contributed by atoms with Gasteiger partial charge in [-0.2, -0.15) is 0 Å². The summed E-state index contributed by atoms with van der Waals surface area (Å²) in [5, 5.41) is 2.57. The second-order valence-corrected chi connectivity index (χ2v) is 4.40. The van der Waals surface area contributed by atoms with Crippen molar-refractivity contribution in [2.75, 3.05) is 0 Å². The Hall–Kier alpha value is -1.05. The molecule has 0 bridgehead atoms. The lowest BCUT2D eigenvalue weighted by atomic mass is 9.84. The maximum absolute atomic E-state index is 10.1. The van der Waals surface area contributed by atoms with Crippen LogP contribution in [-0.2, 0) is 4.79 Å². The first kappa shape index (κ1) is 12.0. The van der Waals surface area contributed by atoms with Gasteiger partial charge in [-0.1, -0.05) is 30.9 Å². The average Bonchev–Trinajstić information content (AvgIpc) is 2.27. The Balaban J connectivity index is 2.52. The van der Waals surface area contributed by atoms with Crippen LogP contribution >= 0.6 is 0 Å². The maximum atomic E-state index is 10.1. The zero-order valence-corrected chi connectivity index (χ0v) is 9.75. The van der Waals surface area contributed by atoms with Crippen LogP contribution in [0.2, 0.25) is 0 Å². The van der Waals surface area contributed by atoms with E-state index in [-0.39, 0.29) is 0 Å². The zero-order chi connectivity index (χ0) is 11.1. The van der Waals surface area contributed by atoms with E-state index in [1.54, 1.807) is 6.20 Å². The van der Waals surface area contributed by atoms with Crippen LogP contribution in [-0.4, -0.2) is 6.41 Å². The number of hydrogen-bond acceptors (Lipinski definition) is 1. The van der Waals surface area contributed by atoms with E-state index < -0.39 is 0 Å². The molecule has 0 spiro atoms. The molecule has 0 aliphatic heterocycles. The summed E-state index contributed by atoms with van der Waals surface area (Å²) in [7, 11) is 0. The highest BCUT2D eigenvalue weighted by Gasteiger charge is 2.14. The summed E-state index contributed by atoms with van der Waals surface area (Å²) in [6.45, 7) is 4.22. The van der Waals surface area contributed by atoms with E-state index >= 15 is 0 Å². The minimum atomic E-state index is 0.702. The summed E-state index contributed by atoms with van der Waals surface area (Å²) in [4.78, 5) is 10.1. The first-order valence-corrected chi connectivity index (χ1v) is 5.78. The summed E-state index contributed by atoms with van der Waals surface area (Å²) in [6.07, 6.45) is 11.4. The highest BCUT2D eigenvalue weighted by atomic mass is 16.1. The molecule has 1 aliphatic carbocycles. The molecule has 0 saturated heterocycles.